The normalized spacial score (nSPS) is 11.6. The van der Waals surface area contributed by atoms with E-state index in [1.54, 1.807) is 12.1 Å². The van der Waals surface area contributed by atoms with Gasteiger partial charge in [0.15, 0.2) is 4.47 Å². The van der Waals surface area contributed by atoms with E-state index in [0.717, 1.165) is 0 Å². The van der Waals surface area contributed by atoms with Crippen molar-refractivity contribution in [3.63, 3.8) is 0 Å². The predicted molar refractivity (Wildman–Crippen MR) is 64.1 cm³/mol. The van der Waals surface area contributed by atoms with Crippen LogP contribution in [0, 0.1) is 0 Å². The number of hydrogen-bond acceptors (Lipinski definition) is 3. The maximum Gasteiger partial charge on any atom is 0.427 e. The second-order valence-electron chi connectivity index (χ2n) is 3.37. The van der Waals surface area contributed by atoms with Crippen molar-refractivity contribution < 1.29 is 17.9 Å². The molecule has 2 rings (SSSR count). The average molecular weight is 294 g/mol. The van der Waals surface area contributed by atoms with Gasteiger partial charge >= 0.3 is 6.18 Å². The van der Waals surface area contributed by atoms with Gasteiger partial charge in [0.1, 0.15) is 10.6 Å². The van der Waals surface area contributed by atoms with Crippen LogP contribution in [0.5, 0.6) is 5.75 Å². The van der Waals surface area contributed by atoms with Crippen LogP contribution in [-0.4, -0.2) is 12.1 Å². The Morgan fingerprint density at radius 1 is 1.22 bits per heavy atom. The van der Waals surface area contributed by atoms with Gasteiger partial charge in [-0.2, -0.15) is 13.2 Å². The second-order valence-corrected chi connectivity index (χ2v) is 4.95. The highest BCUT2D eigenvalue weighted by Gasteiger charge is 2.37. The van der Waals surface area contributed by atoms with Crippen LogP contribution in [0.2, 0.25) is 4.47 Å². The summed E-state index contributed by atoms with van der Waals surface area (Å²) in [5.41, 5.74) is 0.200. The van der Waals surface area contributed by atoms with Gasteiger partial charge in [-0.25, -0.2) is 4.98 Å². The molecule has 2 nitrogen and oxygen atoms in total. The molecule has 1 aromatic carbocycles. The van der Waals surface area contributed by atoms with Crippen molar-refractivity contribution in [1.29, 1.82) is 0 Å². The number of hydrogen-bond donors (Lipinski definition) is 0. The molecule has 7 heteroatoms. The number of alkyl halides is 3. The maximum absolute atomic E-state index is 12.8. The van der Waals surface area contributed by atoms with Crippen LogP contribution in [0.4, 0.5) is 13.2 Å². The van der Waals surface area contributed by atoms with Crippen LogP contribution in [-0.2, 0) is 6.18 Å². The summed E-state index contributed by atoms with van der Waals surface area (Å²) in [4.78, 5) is 2.93. The first-order valence-electron chi connectivity index (χ1n) is 4.80. The molecule has 0 saturated carbocycles. The van der Waals surface area contributed by atoms with Gasteiger partial charge in [0, 0.05) is 5.56 Å². The van der Waals surface area contributed by atoms with Gasteiger partial charge in [0.25, 0.3) is 0 Å². The van der Waals surface area contributed by atoms with Gasteiger partial charge in [0.05, 0.1) is 12.8 Å². The Morgan fingerprint density at radius 2 is 1.83 bits per heavy atom. The zero-order chi connectivity index (χ0) is 13.3. The molecule has 0 atom stereocenters. The first-order chi connectivity index (χ1) is 8.41. The third kappa shape index (κ3) is 2.59. The van der Waals surface area contributed by atoms with Gasteiger partial charge in [-0.3, -0.25) is 0 Å². The molecule has 0 bridgehead atoms. The van der Waals surface area contributed by atoms with E-state index in [4.69, 9.17) is 16.3 Å². The molecule has 1 heterocycles. The summed E-state index contributed by atoms with van der Waals surface area (Å²) < 4.78 is 43.1. The molecule has 0 amide bonds. The minimum atomic E-state index is -4.46. The van der Waals surface area contributed by atoms with Crippen molar-refractivity contribution in [2.24, 2.45) is 0 Å². The van der Waals surface area contributed by atoms with Gasteiger partial charge in [-0.05, 0) is 24.3 Å². The van der Waals surface area contributed by atoms with Crippen LogP contribution in [0.3, 0.4) is 0 Å². The van der Waals surface area contributed by atoms with E-state index in [1.807, 2.05) is 0 Å². The zero-order valence-electron chi connectivity index (χ0n) is 9.08. The zero-order valence-corrected chi connectivity index (χ0v) is 10.7. The van der Waals surface area contributed by atoms with E-state index in [9.17, 15) is 13.2 Å². The summed E-state index contributed by atoms with van der Waals surface area (Å²) in [6.07, 6.45) is -4.46. The smallest absolute Gasteiger partial charge is 0.427 e. The first-order valence-corrected chi connectivity index (χ1v) is 5.99. The van der Waals surface area contributed by atoms with Crippen molar-refractivity contribution in [2.45, 2.75) is 6.18 Å². The lowest BCUT2D eigenvalue weighted by Crippen LogP contribution is -2.03. The molecule has 0 aliphatic heterocycles. The van der Waals surface area contributed by atoms with E-state index < -0.39 is 11.1 Å². The summed E-state index contributed by atoms with van der Waals surface area (Å²) in [6.45, 7) is 0. The van der Waals surface area contributed by atoms with E-state index >= 15 is 0 Å². The summed E-state index contributed by atoms with van der Waals surface area (Å²) in [7, 11) is 1.48. The van der Waals surface area contributed by atoms with E-state index in [2.05, 4.69) is 4.98 Å². The van der Waals surface area contributed by atoms with Gasteiger partial charge in [0.2, 0.25) is 0 Å². The summed E-state index contributed by atoms with van der Waals surface area (Å²) in [5.74, 6) is 0.564. The van der Waals surface area contributed by atoms with Crippen LogP contribution >= 0.6 is 22.9 Å². The molecule has 0 fully saturated rings. The Bertz CT molecular complexity index is 550. The third-order valence-electron chi connectivity index (χ3n) is 2.22. The van der Waals surface area contributed by atoms with Crippen molar-refractivity contribution in [3.8, 4) is 17.0 Å². The van der Waals surface area contributed by atoms with Crippen LogP contribution in [0.15, 0.2) is 24.3 Å². The Hall–Kier alpha value is -1.27. The lowest BCUT2D eigenvalue weighted by atomic mass is 10.1. The molecular weight excluding hydrogens is 287 g/mol. The fourth-order valence-corrected chi connectivity index (χ4v) is 2.43. The van der Waals surface area contributed by atoms with Crippen molar-refractivity contribution in [3.05, 3.63) is 33.6 Å². The highest BCUT2D eigenvalue weighted by molar-refractivity contribution is 7.16. The summed E-state index contributed by atoms with van der Waals surface area (Å²) in [6, 6.07) is 6.17. The Balaban J connectivity index is 2.49. The molecule has 0 aliphatic carbocycles. The summed E-state index contributed by atoms with van der Waals surface area (Å²) in [5, 5.41) is 0. The van der Waals surface area contributed by atoms with Crippen LogP contribution < -0.4 is 4.74 Å². The SMILES string of the molecule is COc1ccc(-c2nc(Cl)sc2C(F)(F)F)cc1. The highest BCUT2D eigenvalue weighted by Crippen LogP contribution is 2.42. The lowest BCUT2D eigenvalue weighted by molar-refractivity contribution is -0.134. The van der Waals surface area contributed by atoms with Gasteiger partial charge in [-0.15, -0.1) is 0 Å². The van der Waals surface area contributed by atoms with Crippen LogP contribution in [0.1, 0.15) is 4.88 Å². The lowest BCUT2D eigenvalue weighted by Gasteiger charge is -2.06. The van der Waals surface area contributed by atoms with Crippen LogP contribution in [0.25, 0.3) is 11.3 Å². The molecule has 0 aliphatic rings. The largest absolute Gasteiger partial charge is 0.497 e. The average Bonchev–Trinajstić information content (AvgIpc) is 2.71. The predicted octanol–water partition coefficient (Wildman–Crippen LogP) is 4.49. The number of aromatic nitrogens is 1. The number of halogens is 4. The van der Waals surface area contributed by atoms with Crippen molar-refractivity contribution in [2.75, 3.05) is 7.11 Å². The van der Waals surface area contributed by atoms with Crippen molar-refractivity contribution >= 4 is 22.9 Å². The van der Waals surface area contributed by atoms with E-state index in [0.29, 0.717) is 22.6 Å². The molecule has 96 valence electrons. The third-order valence-corrected chi connectivity index (χ3v) is 3.43. The fourth-order valence-electron chi connectivity index (χ4n) is 1.43. The van der Waals surface area contributed by atoms with E-state index in [1.165, 1.54) is 19.2 Å². The van der Waals surface area contributed by atoms with Crippen molar-refractivity contribution in [1.82, 2.24) is 4.98 Å². The number of benzene rings is 1. The molecule has 0 N–H and O–H groups in total. The Labute approximate surface area is 110 Å². The minimum absolute atomic E-state index is 0.131. The fraction of sp³-hybridized carbons (Fsp3) is 0.182. The second kappa shape index (κ2) is 4.78. The molecule has 0 spiro atoms. The molecule has 1 aromatic heterocycles. The molecule has 2 aromatic rings. The number of thiazole rings is 1. The maximum atomic E-state index is 12.8. The van der Waals surface area contributed by atoms with Gasteiger partial charge < -0.3 is 4.74 Å². The Morgan fingerprint density at radius 3 is 2.33 bits per heavy atom. The highest BCUT2D eigenvalue weighted by atomic mass is 35.5. The number of ether oxygens (including phenoxy) is 1. The molecule has 0 radical (unpaired) electrons. The molecular formula is C11H7ClF3NOS. The molecule has 0 unspecified atom stereocenters. The number of methoxy groups -OCH3 is 1. The van der Waals surface area contributed by atoms with E-state index in [-0.39, 0.29) is 10.2 Å². The Kier molecular flexibility index (Phi) is 3.49. The van der Waals surface area contributed by atoms with Gasteiger partial charge in [-0.1, -0.05) is 22.9 Å². The topological polar surface area (TPSA) is 22.1 Å². The monoisotopic (exact) mass is 293 g/mol. The number of nitrogens with zero attached hydrogens (tertiary/aromatic N) is 1. The standard InChI is InChI=1S/C11H7ClF3NOS/c1-17-7-4-2-6(3-5-7)8-9(11(13,14)15)18-10(12)16-8/h2-5H,1H3. The first kappa shape index (κ1) is 13.2. The molecule has 18 heavy (non-hydrogen) atoms. The number of rotatable bonds is 2. The minimum Gasteiger partial charge on any atom is -0.497 e. The quantitative estimate of drug-likeness (QED) is 0.814. The molecule has 0 saturated heterocycles. The summed E-state index contributed by atoms with van der Waals surface area (Å²) >= 11 is 5.99.